The molecule has 0 spiro atoms. The van der Waals surface area contributed by atoms with E-state index in [-0.39, 0.29) is 29.3 Å². The summed E-state index contributed by atoms with van der Waals surface area (Å²) in [7, 11) is 0. The first-order chi connectivity index (χ1) is 16.1. The lowest BCUT2D eigenvalue weighted by Crippen LogP contribution is -2.36. The van der Waals surface area contributed by atoms with E-state index in [1.165, 1.54) is 4.90 Å². The Balaban J connectivity index is 1.93. The Morgan fingerprint density at radius 1 is 0.912 bits per heavy atom. The summed E-state index contributed by atoms with van der Waals surface area (Å²) >= 11 is 0. The number of fused-ring (bicyclic) bond motifs is 2. The SMILES string of the molecule is CCCCOc1c(CN2C(=O)c3ccccc3C2=O)n(CC(C)(C)C)c(=O)c2ccc(C)cc12. The van der Waals surface area contributed by atoms with Crippen LogP contribution >= 0.6 is 0 Å². The fraction of sp³-hybridized carbons (Fsp3) is 0.393. The zero-order valence-corrected chi connectivity index (χ0v) is 20.6. The number of ether oxygens (including phenoxy) is 1. The van der Waals surface area contributed by atoms with Crippen molar-refractivity contribution in [2.24, 2.45) is 5.41 Å². The van der Waals surface area contributed by atoms with E-state index in [2.05, 4.69) is 27.7 Å². The topological polar surface area (TPSA) is 68.6 Å². The number of pyridine rings is 1. The number of benzene rings is 2. The zero-order chi connectivity index (χ0) is 24.6. The molecule has 0 saturated heterocycles. The van der Waals surface area contributed by atoms with Gasteiger partial charge < -0.3 is 9.30 Å². The lowest BCUT2D eigenvalue weighted by Gasteiger charge is -2.27. The smallest absolute Gasteiger partial charge is 0.261 e. The second-order valence-corrected chi connectivity index (χ2v) is 10.2. The molecule has 178 valence electrons. The van der Waals surface area contributed by atoms with E-state index in [1.54, 1.807) is 28.8 Å². The summed E-state index contributed by atoms with van der Waals surface area (Å²) in [5.74, 6) is -0.119. The molecule has 34 heavy (non-hydrogen) atoms. The van der Waals surface area contributed by atoms with Crippen molar-refractivity contribution in [2.75, 3.05) is 6.61 Å². The van der Waals surface area contributed by atoms with Crippen molar-refractivity contribution in [1.29, 1.82) is 0 Å². The summed E-state index contributed by atoms with van der Waals surface area (Å²) in [4.78, 5) is 41.2. The number of aromatic nitrogens is 1. The van der Waals surface area contributed by atoms with Crippen molar-refractivity contribution < 1.29 is 14.3 Å². The van der Waals surface area contributed by atoms with Crippen molar-refractivity contribution in [2.45, 2.75) is 60.5 Å². The van der Waals surface area contributed by atoms with Crippen molar-refractivity contribution >= 4 is 22.6 Å². The second-order valence-electron chi connectivity index (χ2n) is 10.2. The zero-order valence-electron chi connectivity index (χ0n) is 20.6. The van der Waals surface area contributed by atoms with E-state index in [0.29, 0.717) is 41.1 Å². The number of amides is 2. The quantitative estimate of drug-likeness (QED) is 0.353. The Morgan fingerprint density at radius 3 is 2.15 bits per heavy atom. The highest BCUT2D eigenvalue weighted by molar-refractivity contribution is 6.21. The van der Waals surface area contributed by atoms with Crippen molar-refractivity contribution in [3.63, 3.8) is 0 Å². The molecule has 1 aliphatic rings. The summed E-state index contributed by atoms with van der Waals surface area (Å²) in [5, 5.41) is 1.30. The minimum absolute atomic E-state index is 0.0248. The van der Waals surface area contributed by atoms with Gasteiger partial charge in [0.25, 0.3) is 17.4 Å². The fourth-order valence-electron chi connectivity index (χ4n) is 4.39. The van der Waals surface area contributed by atoms with Gasteiger partial charge >= 0.3 is 0 Å². The molecule has 2 heterocycles. The number of aryl methyl sites for hydroxylation is 1. The molecule has 2 aromatic carbocycles. The molecule has 0 saturated carbocycles. The highest BCUT2D eigenvalue weighted by atomic mass is 16.5. The van der Waals surface area contributed by atoms with Crippen LogP contribution in [0.5, 0.6) is 5.75 Å². The Labute approximate surface area is 200 Å². The molecule has 6 nitrogen and oxygen atoms in total. The Hall–Kier alpha value is -3.41. The molecule has 0 aliphatic carbocycles. The third-order valence-electron chi connectivity index (χ3n) is 6.05. The average molecular weight is 461 g/mol. The Kier molecular flexibility index (Phi) is 6.34. The summed E-state index contributed by atoms with van der Waals surface area (Å²) in [6.07, 6.45) is 1.82. The van der Waals surface area contributed by atoms with E-state index in [0.717, 1.165) is 23.8 Å². The summed E-state index contributed by atoms with van der Waals surface area (Å²) in [5.41, 5.74) is 2.00. The predicted octanol–water partition coefficient (Wildman–Crippen LogP) is 5.33. The van der Waals surface area contributed by atoms with E-state index in [1.807, 2.05) is 25.1 Å². The number of imide groups is 1. The van der Waals surface area contributed by atoms with Gasteiger partial charge in [0.05, 0.1) is 35.4 Å². The highest BCUT2D eigenvalue weighted by Gasteiger charge is 2.37. The number of carbonyl (C=O) groups excluding carboxylic acids is 2. The minimum atomic E-state index is -0.348. The lowest BCUT2D eigenvalue weighted by molar-refractivity contribution is 0.0636. The standard InChI is InChI=1S/C28H32N2O4/c1-6-7-14-34-24-22-15-18(2)12-13-21(22)27(33)30(17-28(3,4)5)23(24)16-29-25(31)19-10-8-9-11-20(19)26(29)32/h8-13,15H,6-7,14,16-17H2,1-5H3. The number of hydrogen-bond donors (Lipinski definition) is 0. The van der Waals surface area contributed by atoms with Crippen molar-refractivity contribution in [1.82, 2.24) is 9.47 Å². The van der Waals surface area contributed by atoms with Gasteiger partial charge in [0.1, 0.15) is 5.75 Å². The molecular formula is C28H32N2O4. The number of rotatable bonds is 7. The minimum Gasteiger partial charge on any atom is -0.491 e. The molecule has 1 aliphatic heterocycles. The third-order valence-corrected chi connectivity index (χ3v) is 6.05. The van der Waals surface area contributed by atoms with Gasteiger partial charge in [0.15, 0.2) is 0 Å². The van der Waals surface area contributed by atoms with Gasteiger partial charge in [-0.25, -0.2) is 0 Å². The predicted molar refractivity (Wildman–Crippen MR) is 133 cm³/mol. The molecule has 0 fully saturated rings. The lowest BCUT2D eigenvalue weighted by atomic mass is 9.96. The maximum absolute atomic E-state index is 13.7. The van der Waals surface area contributed by atoms with Crippen LogP contribution in [0.2, 0.25) is 0 Å². The first-order valence-corrected chi connectivity index (χ1v) is 11.9. The Bertz CT molecular complexity index is 1300. The first-order valence-electron chi connectivity index (χ1n) is 11.9. The van der Waals surface area contributed by atoms with Crippen LogP contribution in [0.4, 0.5) is 0 Å². The molecule has 0 bridgehead atoms. The van der Waals surface area contributed by atoms with Gasteiger partial charge in [-0.2, -0.15) is 0 Å². The molecule has 2 amide bonds. The van der Waals surface area contributed by atoms with Gasteiger partial charge in [0, 0.05) is 11.9 Å². The van der Waals surface area contributed by atoms with Crippen LogP contribution in [0.3, 0.4) is 0 Å². The van der Waals surface area contributed by atoms with E-state index in [4.69, 9.17) is 4.74 Å². The van der Waals surface area contributed by atoms with Crippen molar-refractivity contribution in [3.05, 3.63) is 75.2 Å². The van der Waals surface area contributed by atoms with Crippen molar-refractivity contribution in [3.8, 4) is 5.75 Å². The molecule has 3 aromatic rings. The van der Waals surface area contributed by atoms with Crippen LogP contribution in [-0.4, -0.2) is 27.9 Å². The summed E-state index contributed by atoms with van der Waals surface area (Å²) in [6.45, 7) is 11.1. The molecule has 0 unspecified atom stereocenters. The largest absolute Gasteiger partial charge is 0.491 e. The maximum Gasteiger partial charge on any atom is 0.261 e. The fourth-order valence-corrected chi connectivity index (χ4v) is 4.39. The molecule has 0 atom stereocenters. The van der Waals surface area contributed by atoms with Crippen LogP contribution in [0.15, 0.2) is 47.3 Å². The van der Waals surface area contributed by atoms with Gasteiger partial charge in [-0.15, -0.1) is 0 Å². The molecule has 0 radical (unpaired) electrons. The van der Waals surface area contributed by atoms with Gasteiger partial charge in [-0.3, -0.25) is 19.3 Å². The number of carbonyl (C=O) groups is 2. The van der Waals surface area contributed by atoms with E-state index in [9.17, 15) is 14.4 Å². The van der Waals surface area contributed by atoms with E-state index < -0.39 is 0 Å². The Morgan fingerprint density at radius 2 is 1.56 bits per heavy atom. The third kappa shape index (κ3) is 4.37. The van der Waals surface area contributed by atoms with Crippen LogP contribution in [0.25, 0.3) is 10.8 Å². The molecule has 0 N–H and O–H groups in total. The van der Waals surface area contributed by atoms with Crippen LogP contribution in [0.1, 0.15) is 72.5 Å². The highest BCUT2D eigenvalue weighted by Crippen LogP contribution is 2.33. The number of nitrogens with zero attached hydrogens (tertiary/aromatic N) is 2. The van der Waals surface area contributed by atoms with E-state index >= 15 is 0 Å². The van der Waals surface area contributed by atoms with Crippen LogP contribution < -0.4 is 10.3 Å². The average Bonchev–Trinajstić information content (AvgIpc) is 3.02. The summed E-state index contributed by atoms with van der Waals surface area (Å²) < 4.78 is 8.00. The normalized spacial score (nSPS) is 13.6. The maximum atomic E-state index is 13.7. The molecule has 6 heteroatoms. The number of unbranched alkanes of at least 4 members (excludes halogenated alkanes) is 1. The monoisotopic (exact) mass is 460 g/mol. The molecule has 1 aromatic heterocycles. The molecular weight excluding hydrogens is 428 g/mol. The molecule has 4 rings (SSSR count). The van der Waals surface area contributed by atoms with Gasteiger partial charge in [-0.05, 0) is 43.0 Å². The van der Waals surface area contributed by atoms with Gasteiger partial charge in [-0.1, -0.05) is 57.9 Å². The second kappa shape index (κ2) is 9.09. The summed E-state index contributed by atoms with van der Waals surface area (Å²) in [6, 6.07) is 12.5. The van der Waals surface area contributed by atoms with Crippen LogP contribution in [0, 0.1) is 12.3 Å². The van der Waals surface area contributed by atoms with Crippen LogP contribution in [-0.2, 0) is 13.1 Å². The first kappa shape index (κ1) is 23.7. The van der Waals surface area contributed by atoms with Gasteiger partial charge in [0.2, 0.25) is 0 Å². The number of hydrogen-bond acceptors (Lipinski definition) is 4.